The molecular weight excluding hydrogens is 198 g/mol. The second kappa shape index (κ2) is 4.16. The molecule has 0 amide bonds. The molecule has 1 aromatic heterocycles. The number of aryl methyl sites for hydroxylation is 1. The zero-order valence-electron chi connectivity index (χ0n) is 10.4. The number of nitrogens with one attached hydrogen (secondary N) is 2. The van der Waals surface area contributed by atoms with E-state index in [0.717, 1.165) is 11.9 Å². The Balaban J connectivity index is 2.74. The fraction of sp³-hybridized carbons (Fsp3) is 0.462. The summed E-state index contributed by atoms with van der Waals surface area (Å²) >= 11 is 0. The lowest BCUT2D eigenvalue weighted by Crippen LogP contribution is -2.02. The van der Waals surface area contributed by atoms with E-state index in [2.05, 4.69) is 42.4 Å². The molecule has 1 heterocycles. The second-order valence-electron chi connectivity index (χ2n) is 4.37. The van der Waals surface area contributed by atoms with Crippen LogP contribution in [0, 0.1) is 6.92 Å². The first-order chi connectivity index (χ1) is 7.69. The number of benzene rings is 1. The standard InChI is InChI=1S/C13H19N3/c1-5-8(2)12-9(3)6-11-10(7-15-16-11)13(12)14-4/h6-8,14H,5H2,1-4H3,(H,15,16). The molecule has 0 aliphatic rings. The van der Waals surface area contributed by atoms with Crippen LogP contribution in [0.1, 0.15) is 37.3 Å². The second-order valence-corrected chi connectivity index (χ2v) is 4.37. The summed E-state index contributed by atoms with van der Waals surface area (Å²) in [5.74, 6) is 0.571. The molecule has 0 fully saturated rings. The van der Waals surface area contributed by atoms with E-state index in [-0.39, 0.29) is 0 Å². The van der Waals surface area contributed by atoms with Gasteiger partial charge < -0.3 is 5.32 Å². The van der Waals surface area contributed by atoms with Crippen molar-refractivity contribution in [2.24, 2.45) is 0 Å². The minimum Gasteiger partial charge on any atom is -0.387 e. The summed E-state index contributed by atoms with van der Waals surface area (Å²) in [4.78, 5) is 0. The highest BCUT2D eigenvalue weighted by Crippen LogP contribution is 2.35. The van der Waals surface area contributed by atoms with Crippen LogP contribution in [0.25, 0.3) is 10.9 Å². The SMILES string of the molecule is CCC(C)c1c(C)cc2[nH]ncc2c1NC. The molecule has 1 unspecified atom stereocenters. The average molecular weight is 217 g/mol. The fourth-order valence-electron chi connectivity index (χ4n) is 2.35. The fourth-order valence-corrected chi connectivity index (χ4v) is 2.35. The number of anilines is 1. The molecule has 1 aromatic carbocycles. The average Bonchev–Trinajstić information content (AvgIpc) is 2.73. The van der Waals surface area contributed by atoms with Gasteiger partial charge in [-0.15, -0.1) is 0 Å². The molecule has 16 heavy (non-hydrogen) atoms. The summed E-state index contributed by atoms with van der Waals surface area (Å²) in [6.07, 6.45) is 3.05. The Labute approximate surface area is 96.2 Å². The van der Waals surface area contributed by atoms with Crippen molar-refractivity contribution < 1.29 is 0 Å². The van der Waals surface area contributed by atoms with Crippen LogP contribution in [-0.2, 0) is 0 Å². The normalized spacial score (nSPS) is 13.0. The lowest BCUT2D eigenvalue weighted by Gasteiger charge is -2.18. The maximum atomic E-state index is 4.11. The van der Waals surface area contributed by atoms with Gasteiger partial charge in [0.05, 0.1) is 11.7 Å². The molecule has 0 saturated heterocycles. The molecule has 2 aromatic rings. The molecular formula is C13H19N3. The predicted molar refractivity (Wildman–Crippen MR) is 69.1 cm³/mol. The van der Waals surface area contributed by atoms with Gasteiger partial charge in [-0.1, -0.05) is 13.8 Å². The van der Waals surface area contributed by atoms with E-state index in [0.29, 0.717) is 5.92 Å². The summed E-state index contributed by atoms with van der Waals surface area (Å²) in [6.45, 7) is 6.67. The molecule has 1 atom stereocenters. The van der Waals surface area contributed by atoms with Crippen LogP contribution in [0.3, 0.4) is 0 Å². The lowest BCUT2D eigenvalue weighted by atomic mass is 9.91. The smallest absolute Gasteiger partial charge is 0.0674 e. The quantitative estimate of drug-likeness (QED) is 0.827. The summed E-state index contributed by atoms with van der Waals surface area (Å²) < 4.78 is 0. The van der Waals surface area contributed by atoms with E-state index in [1.807, 2.05) is 13.2 Å². The van der Waals surface area contributed by atoms with Gasteiger partial charge in [-0.2, -0.15) is 5.10 Å². The van der Waals surface area contributed by atoms with Crippen molar-refractivity contribution in [3.8, 4) is 0 Å². The highest BCUT2D eigenvalue weighted by molar-refractivity contribution is 5.94. The molecule has 86 valence electrons. The zero-order chi connectivity index (χ0) is 11.7. The number of H-pyrrole nitrogens is 1. The summed E-state index contributed by atoms with van der Waals surface area (Å²) in [5.41, 5.74) is 5.07. The lowest BCUT2D eigenvalue weighted by molar-refractivity contribution is 0.731. The number of aromatic nitrogens is 2. The highest BCUT2D eigenvalue weighted by atomic mass is 15.1. The van der Waals surface area contributed by atoms with Gasteiger partial charge in [-0.05, 0) is 36.5 Å². The third kappa shape index (κ3) is 1.56. The van der Waals surface area contributed by atoms with Crippen molar-refractivity contribution in [2.45, 2.75) is 33.1 Å². The van der Waals surface area contributed by atoms with Crippen LogP contribution in [0.15, 0.2) is 12.3 Å². The number of nitrogens with zero attached hydrogens (tertiary/aromatic N) is 1. The van der Waals surface area contributed by atoms with Crippen molar-refractivity contribution in [1.29, 1.82) is 0 Å². The third-order valence-corrected chi connectivity index (χ3v) is 3.35. The number of rotatable bonds is 3. The molecule has 0 spiro atoms. The Hall–Kier alpha value is -1.51. The Morgan fingerprint density at radius 1 is 1.50 bits per heavy atom. The van der Waals surface area contributed by atoms with Crippen LogP contribution in [0.2, 0.25) is 0 Å². The van der Waals surface area contributed by atoms with E-state index in [1.54, 1.807) is 0 Å². The molecule has 0 radical (unpaired) electrons. The van der Waals surface area contributed by atoms with Gasteiger partial charge in [-0.25, -0.2) is 0 Å². The first kappa shape index (κ1) is 11.0. The van der Waals surface area contributed by atoms with Crippen LogP contribution in [0.5, 0.6) is 0 Å². The van der Waals surface area contributed by atoms with E-state index in [4.69, 9.17) is 0 Å². The first-order valence-electron chi connectivity index (χ1n) is 5.83. The van der Waals surface area contributed by atoms with Gasteiger partial charge in [0.25, 0.3) is 0 Å². The number of fused-ring (bicyclic) bond motifs is 1. The van der Waals surface area contributed by atoms with E-state index >= 15 is 0 Å². The molecule has 0 bridgehead atoms. The van der Waals surface area contributed by atoms with E-state index in [9.17, 15) is 0 Å². The molecule has 0 aliphatic heterocycles. The van der Waals surface area contributed by atoms with Gasteiger partial charge in [0.15, 0.2) is 0 Å². The minimum atomic E-state index is 0.571. The van der Waals surface area contributed by atoms with Crippen LogP contribution in [0.4, 0.5) is 5.69 Å². The third-order valence-electron chi connectivity index (χ3n) is 3.35. The van der Waals surface area contributed by atoms with Gasteiger partial charge in [0, 0.05) is 18.1 Å². The first-order valence-corrected chi connectivity index (χ1v) is 5.83. The summed E-state index contributed by atoms with van der Waals surface area (Å²) in [7, 11) is 1.98. The van der Waals surface area contributed by atoms with E-state index in [1.165, 1.54) is 22.2 Å². The van der Waals surface area contributed by atoms with E-state index < -0.39 is 0 Å². The molecule has 2 N–H and O–H groups in total. The molecule has 3 heteroatoms. The highest BCUT2D eigenvalue weighted by Gasteiger charge is 2.15. The van der Waals surface area contributed by atoms with Crippen molar-refractivity contribution in [3.63, 3.8) is 0 Å². The zero-order valence-corrected chi connectivity index (χ0v) is 10.4. The Morgan fingerprint density at radius 3 is 2.88 bits per heavy atom. The Kier molecular flexibility index (Phi) is 2.86. The summed E-state index contributed by atoms with van der Waals surface area (Å²) in [6, 6.07) is 2.19. The maximum absolute atomic E-state index is 4.11. The molecule has 2 rings (SSSR count). The predicted octanol–water partition coefficient (Wildman–Crippen LogP) is 3.43. The van der Waals surface area contributed by atoms with Gasteiger partial charge in [0.2, 0.25) is 0 Å². The van der Waals surface area contributed by atoms with Crippen LogP contribution < -0.4 is 5.32 Å². The largest absolute Gasteiger partial charge is 0.387 e. The van der Waals surface area contributed by atoms with Crippen LogP contribution >= 0.6 is 0 Å². The van der Waals surface area contributed by atoms with Crippen molar-refractivity contribution in [2.75, 3.05) is 12.4 Å². The molecule has 0 aliphatic carbocycles. The van der Waals surface area contributed by atoms with Crippen molar-refractivity contribution in [3.05, 3.63) is 23.4 Å². The monoisotopic (exact) mass is 217 g/mol. The van der Waals surface area contributed by atoms with Gasteiger partial charge in [-0.3, -0.25) is 5.10 Å². The number of hydrogen-bond donors (Lipinski definition) is 2. The van der Waals surface area contributed by atoms with Gasteiger partial charge >= 0.3 is 0 Å². The Morgan fingerprint density at radius 2 is 2.25 bits per heavy atom. The Bertz CT molecular complexity index is 499. The topological polar surface area (TPSA) is 40.7 Å². The number of aromatic amines is 1. The number of hydrogen-bond acceptors (Lipinski definition) is 2. The minimum absolute atomic E-state index is 0.571. The molecule has 0 saturated carbocycles. The van der Waals surface area contributed by atoms with Crippen molar-refractivity contribution >= 4 is 16.6 Å². The molecule has 3 nitrogen and oxygen atoms in total. The summed E-state index contributed by atoms with van der Waals surface area (Å²) in [5, 5.41) is 11.6. The van der Waals surface area contributed by atoms with Gasteiger partial charge in [0.1, 0.15) is 0 Å². The van der Waals surface area contributed by atoms with Crippen molar-refractivity contribution in [1.82, 2.24) is 10.2 Å². The maximum Gasteiger partial charge on any atom is 0.0674 e. The van der Waals surface area contributed by atoms with Crippen LogP contribution in [-0.4, -0.2) is 17.2 Å².